The van der Waals surface area contributed by atoms with Crippen LogP contribution < -0.4 is 11.1 Å². The van der Waals surface area contributed by atoms with Crippen molar-refractivity contribution in [1.82, 2.24) is 4.57 Å². The number of hydrogen-bond donors (Lipinski definition) is 2. The molecule has 0 unspecified atom stereocenters. The summed E-state index contributed by atoms with van der Waals surface area (Å²) in [5.74, 6) is -0.688. The van der Waals surface area contributed by atoms with E-state index in [1.807, 2.05) is 0 Å². The number of rotatable bonds is 4. The monoisotopic (exact) mass is 341 g/mol. The molecular weight excluding hydrogens is 327 g/mol. The number of benzene rings is 1. The number of aromatic nitrogens is 1. The fraction of sp³-hybridized carbons (Fsp3) is 0.200. The molecule has 0 spiro atoms. The van der Waals surface area contributed by atoms with Crippen LogP contribution in [0.15, 0.2) is 36.7 Å². The summed E-state index contributed by atoms with van der Waals surface area (Å²) in [6.07, 6.45) is -1.74. The van der Waals surface area contributed by atoms with Crippen molar-refractivity contribution < 1.29 is 27.5 Å². The van der Waals surface area contributed by atoms with Crippen LogP contribution in [-0.4, -0.2) is 23.2 Å². The lowest BCUT2D eigenvalue weighted by Gasteiger charge is -2.08. The minimum absolute atomic E-state index is 0.0375. The molecule has 2 aromatic rings. The highest BCUT2D eigenvalue weighted by Crippen LogP contribution is 2.30. The summed E-state index contributed by atoms with van der Waals surface area (Å²) in [6.45, 7) is 1.74. The molecule has 0 atom stereocenters. The maximum atomic E-state index is 12.6. The van der Waals surface area contributed by atoms with Crippen molar-refractivity contribution in [3.63, 3.8) is 0 Å². The molecular formula is C15H14F3N3O3. The average Bonchev–Trinajstić information content (AvgIpc) is 2.90. The number of esters is 1. The van der Waals surface area contributed by atoms with E-state index in [-0.39, 0.29) is 17.9 Å². The number of anilines is 1. The molecule has 3 N–H and O–H groups in total. The van der Waals surface area contributed by atoms with E-state index in [9.17, 15) is 22.8 Å². The van der Waals surface area contributed by atoms with E-state index < -0.39 is 23.7 Å². The van der Waals surface area contributed by atoms with Crippen LogP contribution >= 0.6 is 0 Å². The summed E-state index contributed by atoms with van der Waals surface area (Å²) in [6, 6.07) is 3.43. The van der Waals surface area contributed by atoms with Crippen molar-refractivity contribution in [3.05, 3.63) is 47.8 Å². The Morgan fingerprint density at radius 3 is 2.33 bits per heavy atom. The Morgan fingerprint density at radius 2 is 1.83 bits per heavy atom. The Balaban J connectivity index is 2.40. The molecule has 1 heterocycles. The number of halogens is 3. The van der Waals surface area contributed by atoms with Gasteiger partial charge in [0.25, 0.3) is 0 Å². The highest BCUT2D eigenvalue weighted by atomic mass is 19.4. The summed E-state index contributed by atoms with van der Waals surface area (Å²) in [4.78, 5) is 22.9. The zero-order valence-corrected chi connectivity index (χ0v) is 12.6. The number of urea groups is 1. The van der Waals surface area contributed by atoms with Crippen LogP contribution in [0.25, 0.3) is 5.69 Å². The van der Waals surface area contributed by atoms with Gasteiger partial charge in [0.2, 0.25) is 0 Å². The summed E-state index contributed by atoms with van der Waals surface area (Å²) in [5, 5.41) is 2.28. The third-order valence-electron chi connectivity index (χ3n) is 3.07. The van der Waals surface area contributed by atoms with E-state index in [1.54, 1.807) is 6.92 Å². The molecule has 2 amide bonds. The Hall–Kier alpha value is -2.97. The highest BCUT2D eigenvalue weighted by Gasteiger charge is 2.30. The van der Waals surface area contributed by atoms with E-state index in [4.69, 9.17) is 10.5 Å². The zero-order valence-electron chi connectivity index (χ0n) is 12.6. The SMILES string of the molecule is CCOC(=O)c1cn(-c2ccc(C(F)(F)F)cc2)cc1NC(N)=O. The highest BCUT2D eigenvalue weighted by molar-refractivity contribution is 6.00. The van der Waals surface area contributed by atoms with Gasteiger partial charge in [0.1, 0.15) is 5.56 Å². The second-order valence-electron chi connectivity index (χ2n) is 4.75. The number of nitrogens with zero attached hydrogens (tertiary/aromatic N) is 1. The molecule has 0 aliphatic rings. The zero-order chi connectivity index (χ0) is 17.9. The van der Waals surface area contributed by atoms with E-state index in [0.717, 1.165) is 12.1 Å². The molecule has 0 radical (unpaired) electrons. The minimum Gasteiger partial charge on any atom is -0.462 e. The first-order valence-electron chi connectivity index (χ1n) is 6.85. The van der Waals surface area contributed by atoms with E-state index in [0.29, 0.717) is 5.69 Å². The van der Waals surface area contributed by atoms with Gasteiger partial charge in [-0.25, -0.2) is 9.59 Å². The molecule has 128 valence electrons. The quantitative estimate of drug-likeness (QED) is 0.838. The van der Waals surface area contributed by atoms with Gasteiger partial charge >= 0.3 is 18.2 Å². The van der Waals surface area contributed by atoms with Crippen molar-refractivity contribution >= 4 is 17.7 Å². The van der Waals surface area contributed by atoms with Crippen LogP contribution in [0.3, 0.4) is 0 Å². The lowest BCUT2D eigenvalue weighted by molar-refractivity contribution is -0.137. The van der Waals surface area contributed by atoms with E-state index in [1.165, 1.54) is 29.1 Å². The Kier molecular flexibility index (Phi) is 4.82. The summed E-state index contributed by atoms with van der Waals surface area (Å²) in [7, 11) is 0. The third-order valence-corrected chi connectivity index (χ3v) is 3.07. The van der Waals surface area contributed by atoms with Crippen molar-refractivity contribution in [1.29, 1.82) is 0 Å². The van der Waals surface area contributed by atoms with Crippen LogP contribution in [0.1, 0.15) is 22.8 Å². The van der Waals surface area contributed by atoms with Gasteiger partial charge in [0.15, 0.2) is 0 Å². The van der Waals surface area contributed by atoms with Crippen molar-refractivity contribution in [2.24, 2.45) is 5.73 Å². The topological polar surface area (TPSA) is 86.3 Å². The maximum Gasteiger partial charge on any atom is 0.416 e. The van der Waals surface area contributed by atoms with Crippen LogP contribution in [-0.2, 0) is 10.9 Å². The van der Waals surface area contributed by atoms with Gasteiger partial charge in [-0.15, -0.1) is 0 Å². The van der Waals surface area contributed by atoms with Gasteiger partial charge in [-0.05, 0) is 31.2 Å². The first kappa shape index (κ1) is 17.4. The van der Waals surface area contributed by atoms with Crippen LogP contribution in [0.5, 0.6) is 0 Å². The smallest absolute Gasteiger partial charge is 0.416 e. The molecule has 1 aromatic carbocycles. The van der Waals surface area contributed by atoms with Gasteiger partial charge in [0, 0.05) is 18.1 Å². The summed E-state index contributed by atoms with van der Waals surface area (Å²) < 4.78 is 44.0. The first-order valence-corrected chi connectivity index (χ1v) is 6.85. The van der Waals surface area contributed by atoms with Gasteiger partial charge < -0.3 is 20.4 Å². The Bertz CT molecular complexity index is 752. The van der Waals surface area contributed by atoms with Crippen molar-refractivity contribution in [2.45, 2.75) is 13.1 Å². The number of carbonyl (C=O) groups excluding carboxylic acids is 2. The number of nitrogens with one attached hydrogen (secondary N) is 1. The second-order valence-corrected chi connectivity index (χ2v) is 4.75. The molecule has 0 aliphatic carbocycles. The van der Waals surface area contributed by atoms with Crippen LogP contribution in [0.2, 0.25) is 0 Å². The number of amides is 2. The molecule has 9 heteroatoms. The molecule has 6 nitrogen and oxygen atoms in total. The number of carbonyl (C=O) groups is 2. The largest absolute Gasteiger partial charge is 0.462 e. The van der Waals surface area contributed by atoms with Crippen LogP contribution in [0, 0.1) is 0 Å². The van der Waals surface area contributed by atoms with E-state index in [2.05, 4.69) is 5.32 Å². The lowest BCUT2D eigenvalue weighted by atomic mass is 10.2. The minimum atomic E-state index is -4.44. The number of alkyl halides is 3. The van der Waals surface area contributed by atoms with Crippen molar-refractivity contribution in [2.75, 3.05) is 11.9 Å². The van der Waals surface area contributed by atoms with Crippen LogP contribution in [0.4, 0.5) is 23.7 Å². The average molecular weight is 341 g/mol. The number of hydrogen-bond acceptors (Lipinski definition) is 3. The third kappa shape index (κ3) is 3.86. The molecule has 1 aromatic heterocycles. The van der Waals surface area contributed by atoms with Gasteiger partial charge in [-0.2, -0.15) is 13.2 Å². The molecule has 0 aliphatic heterocycles. The second kappa shape index (κ2) is 6.65. The molecule has 24 heavy (non-hydrogen) atoms. The van der Waals surface area contributed by atoms with Gasteiger partial charge in [-0.1, -0.05) is 0 Å². The first-order chi connectivity index (χ1) is 11.2. The predicted molar refractivity (Wildman–Crippen MR) is 79.9 cm³/mol. The lowest BCUT2D eigenvalue weighted by Crippen LogP contribution is -2.20. The molecule has 0 saturated carbocycles. The summed E-state index contributed by atoms with van der Waals surface area (Å²) in [5.41, 5.74) is 4.76. The fourth-order valence-electron chi connectivity index (χ4n) is 2.03. The maximum absolute atomic E-state index is 12.6. The number of primary amides is 1. The summed E-state index contributed by atoms with van der Waals surface area (Å²) >= 11 is 0. The predicted octanol–water partition coefficient (Wildman–Crippen LogP) is 3.16. The molecule has 0 fully saturated rings. The van der Waals surface area contributed by atoms with Crippen molar-refractivity contribution in [3.8, 4) is 5.69 Å². The normalized spacial score (nSPS) is 11.2. The molecule has 0 saturated heterocycles. The van der Waals surface area contributed by atoms with Gasteiger partial charge in [0.05, 0.1) is 17.9 Å². The molecule has 2 rings (SSSR count). The standard InChI is InChI=1S/C15H14F3N3O3/c1-2-24-13(22)11-7-21(8-12(11)20-14(19)23)10-5-3-9(4-6-10)15(16,17)18/h3-8H,2H2,1H3,(H3,19,20,23). The Morgan fingerprint density at radius 1 is 1.21 bits per heavy atom. The van der Waals surface area contributed by atoms with E-state index >= 15 is 0 Å². The molecule has 0 bridgehead atoms. The van der Waals surface area contributed by atoms with Gasteiger partial charge in [-0.3, -0.25) is 0 Å². The number of ether oxygens (including phenoxy) is 1. The Labute approximate surface area is 135 Å². The fourth-order valence-corrected chi connectivity index (χ4v) is 2.03. The number of nitrogens with two attached hydrogens (primary N) is 1.